The summed E-state index contributed by atoms with van der Waals surface area (Å²) in [6.45, 7) is 1.97. The summed E-state index contributed by atoms with van der Waals surface area (Å²) in [6, 6.07) is 49.2. The molecule has 5 aromatic carbocycles. The van der Waals surface area contributed by atoms with Gasteiger partial charge in [-0.3, -0.25) is 9.78 Å². The van der Waals surface area contributed by atoms with Crippen molar-refractivity contribution in [2.24, 2.45) is 0 Å². The van der Waals surface area contributed by atoms with Gasteiger partial charge >= 0.3 is 0 Å². The molecule has 0 spiro atoms. The summed E-state index contributed by atoms with van der Waals surface area (Å²) < 4.78 is 2.13. The smallest absolute Gasteiger partial charge is 0.287 e. The Morgan fingerprint density at radius 3 is 1.83 bits per heavy atom. The van der Waals surface area contributed by atoms with Gasteiger partial charge in [-0.2, -0.15) is 5.10 Å². The van der Waals surface area contributed by atoms with E-state index in [4.69, 9.17) is 10.1 Å². The maximum Gasteiger partial charge on any atom is 0.287 e. The third-order valence-electron chi connectivity index (χ3n) is 8.99. The molecule has 1 amide bonds. The van der Waals surface area contributed by atoms with Gasteiger partial charge in [0.25, 0.3) is 5.91 Å². The molecule has 0 bridgehead atoms. The van der Waals surface area contributed by atoms with Crippen LogP contribution in [0.5, 0.6) is 0 Å². The van der Waals surface area contributed by atoms with Gasteiger partial charge in [0.2, 0.25) is 0 Å². The molecule has 7 heteroatoms. The number of hydrogen-bond acceptors (Lipinski definition) is 4. The molecule has 2 N–H and O–H groups in total. The van der Waals surface area contributed by atoms with Crippen LogP contribution in [0.2, 0.25) is 0 Å². The van der Waals surface area contributed by atoms with Gasteiger partial charge in [0.1, 0.15) is 11.2 Å². The molecule has 1 unspecified atom stereocenters. The van der Waals surface area contributed by atoms with Crippen LogP contribution < -0.4 is 5.32 Å². The van der Waals surface area contributed by atoms with Gasteiger partial charge in [0, 0.05) is 23.3 Å². The van der Waals surface area contributed by atoms with Crippen molar-refractivity contribution in [2.45, 2.75) is 18.5 Å². The van der Waals surface area contributed by atoms with Crippen LogP contribution >= 0.6 is 0 Å². The third kappa shape index (κ3) is 4.93. The fraction of sp³-hybridized carbons (Fsp3) is 0.0732. The number of rotatable bonds is 8. The van der Waals surface area contributed by atoms with Crippen molar-refractivity contribution < 1.29 is 4.79 Å². The maximum absolute atomic E-state index is 13.5. The minimum absolute atomic E-state index is 0.180. The molecule has 0 saturated carbocycles. The van der Waals surface area contributed by atoms with Gasteiger partial charge in [-0.25, -0.2) is 9.67 Å². The number of fused-ring (bicyclic) bond motifs is 2. The Bertz CT molecular complexity index is 2240. The van der Waals surface area contributed by atoms with E-state index in [1.165, 1.54) is 0 Å². The van der Waals surface area contributed by atoms with Crippen LogP contribution in [0, 0.1) is 0 Å². The lowest BCUT2D eigenvalue weighted by Crippen LogP contribution is -2.38. The van der Waals surface area contributed by atoms with E-state index in [0.29, 0.717) is 5.52 Å². The maximum atomic E-state index is 13.5. The van der Waals surface area contributed by atoms with E-state index in [0.717, 1.165) is 49.9 Å². The summed E-state index contributed by atoms with van der Waals surface area (Å²) in [5, 5.41) is 9.47. The summed E-state index contributed by atoms with van der Waals surface area (Å²) >= 11 is 0. The molecular weight excluding hydrogens is 592 g/mol. The minimum Gasteiger partial charge on any atom is -0.343 e. The predicted molar refractivity (Wildman–Crippen MR) is 190 cm³/mol. The number of benzene rings is 5. The van der Waals surface area contributed by atoms with Crippen LogP contribution in [0.1, 0.15) is 45.8 Å². The average Bonchev–Trinajstić information content (AvgIpc) is 3.75. The Hall–Kier alpha value is -6.34. The molecular formula is C41H32N6O. The lowest BCUT2D eigenvalue weighted by atomic mass is 9.77. The SMILES string of the molecule is CC(NC(=O)c1nc2cc3c(-c4ccncc4)nn(C(c4ccccc4)(c4ccccc4)c4ccccc4)c3cc2[nH]1)c1ccccc1. The molecule has 8 rings (SSSR count). The molecule has 48 heavy (non-hydrogen) atoms. The van der Waals surface area contributed by atoms with Crippen LogP contribution in [-0.4, -0.2) is 30.6 Å². The van der Waals surface area contributed by atoms with E-state index in [9.17, 15) is 4.79 Å². The van der Waals surface area contributed by atoms with Crippen molar-refractivity contribution >= 4 is 27.8 Å². The van der Waals surface area contributed by atoms with E-state index in [-0.39, 0.29) is 17.8 Å². The first kappa shape index (κ1) is 29.1. The molecule has 3 aromatic heterocycles. The molecule has 8 aromatic rings. The van der Waals surface area contributed by atoms with Crippen molar-refractivity contribution in [3.8, 4) is 11.3 Å². The van der Waals surface area contributed by atoms with Crippen LogP contribution in [0.4, 0.5) is 0 Å². The van der Waals surface area contributed by atoms with Crippen molar-refractivity contribution in [3.63, 3.8) is 0 Å². The van der Waals surface area contributed by atoms with Gasteiger partial charge in [-0.05, 0) is 53.4 Å². The van der Waals surface area contributed by atoms with E-state index in [1.807, 2.05) is 73.7 Å². The highest BCUT2D eigenvalue weighted by atomic mass is 16.2. The monoisotopic (exact) mass is 624 g/mol. The van der Waals surface area contributed by atoms with E-state index in [2.05, 4.69) is 98.8 Å². The molecule has 0 aliphatic rings. The van der Waals surface area contributed by atoms with Crippen LogP contribution in [-0.2, 0) is 5.54 Å². The first-order chi connectivity index (χ1) is 23.6. The highest BCUT2D eigenvalue weighted by Crippen LogP contribution is 2.44. The summed E-state index contributed by atoms with van der Waals surface area (Å²) in [4.78, 5) is 25.8. The number of amides is 1. The first-order valence-corrected chi connectivity index (χ1v) is 16.0. The predicted octanol–water partition coefficient (Wildman–Crippen LogP) is 8.31. The number of aromatic nitrogens is 5. The molecule has 0 fully saturated rings. The van der Waals surface area contributed by atoms with E-state index in [1.54, 1.807) is 12.4 Å². The van der Waals surface area contributed by atoms with Crippen LogP contribution in [0.15, 0.2) is 158 Å². The molecule has 1 atom stereocenters. The second kappa shape index (κ2) is 12.1. The molecule has 7 nitrogen and oxygen atoms in total. The van der Waals surface area contributed by atoms with Gasteiger partial charge in [0.15, 0.2) is 5.82 Å². The van der Waals surface area contributed by atoms with Crippen LogP contribution in [0.25, 0.3) is 33.2 Å². The second-order valence-electron chi connectivity index (χ2n) is 11.9. The number of nitrogens with one attached hydrogen (secondary N) is 2. The third-order valence-corrected chi connectivity index (χ3v) is 8.99. The lowest BCUT2D eigenvalue weighted by molar-refractivity contribution is 0.0930. The Labute approximate surface area is 278 Å². The molecule has 3 heterocycles. The fourth-order valence-electron chi connectivity index (χ4n) is 6.70. The minimum atomic E-state index is -0.841. The number of hydrogen-bond donors (Lipinski definition) is 2. The lowest BCUT2D eigenvalue weighted by Gasteiger charge is -2.37. The van der Waals surface area contributed by atoms with Gasteiger partial charge < -0.3 is 10.3 Å². The molecule has 232 valence electrons. The van der Waals surface area contributed by atoms with Gasteiger partial charge in [0.05, 0.1) is 22.6 Å². The zero-order valence-electron chi connectivity index (χ0n) is 26.3. The second-order valence-corrected chi connectivity index (χ2v) is 11.9. The zero-order chi connectivity index (χ0) is 32.5. The van der Waals surface area contributed by atoms with Crippen molar-refractivity contribution in [3.05, 3.63) is 186 Å². The summed E-state index contributed by atoms with van der Waals surface area (Å²) in [6.07, 6.45) is 3.56. The Morgan fingerprint density at radius 1 is 0.729 bits per heavy atom. The normalized spacial score (nSPS) is 12.3. The molecule has 0 aliphatic carbocycles. The largest absolute Gasteiger partial charge is 0.343 e. The number of imidazole rings is 1. The van der Waals surface area contributed by atoms with E-state index < -0.39 is 5.54 Å². The number of carbonyl (C=O) groups is 1. The molecule has 0 saturated heterocycles. The van der Waals surface area contributed by atoms with Crippen LogP contribution in [0.3, 0.4) is 0 Å². The van der Waals surface area contributed by atoms with Crippen molar-refractivity contribution in [2.75, 3.05) is 0 Å². The quantitative estimate of drug-likeness (QED) is 0.167. The summed E-state index contributed by atoms with van der Waals surface area (Å²) in [5.41, 5.74) is 7.41. The average molecular weight is 625 g/mol. The first-order valence-electron chi connectivity index (χ1n) is 16.0. The van der Waals surface area contributed by atoms with E-state index >= 15 is 0 Å². The standard InChI is InChI=1S/C41H32N6O/c1-28(29-14-6-2-7-15-29)43-40(48)39-44-35-26-34-37(27-36(35)45-39)47(46-38(34)30-22-24-42-25-23-30)41(31-16-8-3-9-17-31,32-18-10-4-11-19-32)33-20-12-5-13-21-33/h2-28H,1H3,(H,43,48)(H,44,45). The molecule has 0 radical (unpaired) electrons. The van der Waals surface area contributed by atoms with Crippen molar-refractivity contribution in [1.82, 2.24) is 30.0 Å². The Kier molecular flexibility index (Phi) is 7.34. The van der Waals surface area contributed by atoms with Crippen molar-refractivity contribution in [1.29, 1.82) is 0 Å². The number of aromatic amines is 1. The Morgan fingerprint density at radius 2 is 1.27 bits per heavy atom. The van der Waals surface area contributed by atoms with Gasteiger partial charge in [-0.15, -0.1) is 0 Å². The summed E-state index contributed by atoms with van der Waals surface area (Å²) in [7, 11) is 0. The number of carbonyl (C=O) groups excluding carboxylic acids is 1. The zero-order valence-corrected chi connectivity index (χ0v) is 26.3. The number of nitrogens with zero attached hydrogens (tertiary/aromatic N) is 4. The summed E-state index contributed by atoms with van der Waals surface area (Å²) in [5.74, 6) is -0.0133. The number of pyridine rings is 1. The Balaban J connectivity index is 1.39. The van der Waals surface area contributed by atoms with Gasteiger partial charge in [-0.1, -0.05) is 121 Å². The molecule has 0 aliphatic heterocycles. The number of H-pyrrole nitrogens is 1. The topological polar surface area (TPSA) is 88.5 Å². The highest BCUT2D eigenvalue weighted by Gasteiger charge is 2.41. The fourth-order valence-corrected chi connectivity index (χ4v) is 6.70. The highest BCUT2D eigenvalue weighted by molar-refractivity contribution is 6.03.